The zero-order valence-electron chi connectivity index (χ0n) is 11.5. The second-order valence-electron chi connectivity index (χ2n) is 4.19. The van der Waals surface area contributed by atoms with Gasteiger partial charge in [0.05, 0.1) is 13.7 Å². The van der Waals surface area contributed by atoms with Crippen LogP contribution in [-0.2, 0) is 0 Å². The first-order valence-electron chi connectivity index (χ1n) is 6.42. The lowest BCUT2D eigenvalue weighted by molar-refractivity contribution is 0.314. The number of nitrogens with two attached hydrogens (primary N) is 1. The fourth-order valence-electron chi connectivity index (χ4n) is 1.95. The molecule has 0 atom stereocenters. The normalized spacial score (nSPS) is 9.70. The minimum atomic E-state index is 0. The van der Waals surface area contributed by atoms with Crippen LogP contribution < -0.4 is 15.2 Å². The Balaban J connectivity index is 0.00000200. The van der Waals surface area contributed by atoms with E-state index < -0.39 is 0 Å². The van der Waals surface area contributed by atoms with Crippen LogP contribution in [0.4, 0.5) is 0 Å². The fraction of sp³-hybridized carbons (Fsp3) is 0.250. The van der Waals surface area contributed by atoms with E-state index in [1.165, 1.54) is 0 Å². The van der Waals surface area contributed by atoms with Crippen molar-refractivity contribution in [2.75, 3.05) is 20.3 Å². The lowest BCUT2D eigenvalue weighted by Crippen LogP contribution is -2.06. The summed E-state index contributed by atoms with van der Waals surface area (Å²) in [5.41, 5.74) is 7.56. The monoisotopic (exact) mass is 293 g/mol. The largest absolute Gasteiger partial charge is 0.496 e. The lowest BCUT2D eigenvalue weighted by atomic mass is 10.0. The topological polar surface area (TPSA) is 44.5 Å². The average Bonchev–Trinajstić information content (AvgIpc) is 2.48. The first kappa shape index (κ1) is 16.3. The average molecular weight is 294 g/mol. The highest BCUT2D eigenvalue weighted by Gasteiger charge is 2.10. The molecule has 2 aromatic carbocycles. The number of rotatable bonds is 6. The van der Waals surface area contributed by atoms with Crippen LogP contribution in [0, 0.1) is 0 Å². The molecule has 0 saturated carbocycles. The van der Waals surface area contributed by atoms with Gasteiger partial charge in [-0.1, -0.05) is 36.4 Å². The standard InChI is InChI=1S/C16H19NO2.ClH/c1-18-15-9-4-2-7-13(15)14-8-3-5-10-16(14)19-12-6-11-17;/h2-5,7-10H,6,11-12,17H2,1H3;1H. The second-order valence-corrected chi connectivity index (χ2v) is 4.19. The van der Waals surface area contributed by atoms with Gasteiger partial charge in [0.2, 0.25) is 0 Å². The third-order valence-electron chi connectivity index (χ3n) is 2.89. The molecule has 108 valence electrons. The zero-order chi connectivity index (χ0) is 13.5. The Morgan fingerprint density at radius 3 is 2.05 bits per heavy atom. The van der Waals surface area contributed by atoms with E-state index in [1.54, 1.807) is 7.11 Å². The highest BCUT2D eigenvalue weighted by atomic mass is 35.5. The van der Waals surface area contributed by atoms with Gasteiger partial charge in [-0.25, -0.2) is 0 Å². The van der Waals surface area contributed by atoms with E-state index >= 15 is 0 Å². The maximum Gasteiger partial charge on any atom is 0.127 e. The molecule has 3 nitrogen and oxygen atoms in total. The van der Waals surface area contributed by atoms with Crippen LogP contribution >= 0.6 is 12.4 Å². The third kappa shape index (κ3) is 3.89. The maximum atomic E-state index is 5.80. The molecule has 4 heteroatoms. The molecule has 0 aliphatic carbocycles. The molecule has 2 N–H and O–H groups in total. The number of halogens is 1. The van der Waals surface area contributed by atoms with Crippen molar-refractivity contribution >= 4 is 12.4 Å². The van der Waals surface area contributed by atoms with E-state index in [0.29, 0.717) is 13.2 Å². The van der Waals surface area contributed by atoms with Crippen LogP contribution in [0.5, 0.6) is 11.5 Å². The summed E-state index contributed by atoms with van der Waals surface area (Å²) >= 11 is 0. The van der Waals surface area contributed by atoms with E-state index in [1.807, 2.05) is 48.5 Å². The smallest absolute Gasteiger partial charge is 0.127 e. The second kappa shape index (κ2) is 8.46. The molecule has 0 bridgehead atoms. The maximum absolute atomic E-state index is 5.80. The summed E-state index contributed by atoms with van der Waals surface area (Å²) in [7, 11) is 1.68. The number of ether oxygens (including phenoxy) is 2. The van der Waals surface area contributed by atoms with Gasteiger partial charge >= 0.3 is 0 Å². The molecule has 20 heavy (non-hydrogen) atoms. The Kier molecular flexibility index (Phi) is 6.91. The van der Waals surface area contributed by atoms with E-state index in [2.05, 4.69) is 0 Å². The molecule has 0 radical (unpaired) electrons. The van der Waals surface area contributed by atoms with Gasteiger partial charge in [-0.15, -0.1) is 12.4 Å². The van der Waals surface area contributed by atoms with Gasteiger partial charge in [0.15, 0.2) is 0 Å². The summed E-state index contributed by atoms with van der Waals surface area (Å²) in [4.78, 5) is 0. The molecule has 0 saturated heterocycles. The summed E-state index contributed by atoms with van der Waals surface area (Å²) in [6.07, 6.45) is 0.847. The van der Waals surface area contributed by atoms with Gasteiger partial charge in [0.25, 0.3) is 0 Å². The summed E-state index contributed by atoms with van der Waals surface area (Å²) < 4.78 is 11.2. The minimum absolute atomic E-state index is 0. The van der Waals surface area contributed by atoms with Gasteiger partial charge < -0.3 is 15.2 Å². The van der Waals surface area contributed by atoms with Crippen molar-refractivity contribution in [3.63, 3.8) is 0 Å². The summed E-state index contributed by atoms with van der Waals surface area (Å²) in [6, 6.07) is 15.9. The highest BCUT2D eigenvalue weighted by molar-refractivity contribution is 5.85. The van der Waals surface area contributed by atoms with Crippen molar-refractivity contribution in [2.45, 2.75) is 6.42 Å². The summed E-state index contributed by atoms with van der Waals surface area (Å²) in [5.74, 6) is 1.71. The first-order valence-corrected chi connectivity index (χ1v) is 6.42. The Labute approximate surface area is 126 Å². The number of methoxy groups -OCH3 is 1. The number of hydrogen-bond donors (Lipinski definition) is 1. The molecule has 2 rings (SSSR count). The zero-order valence-corrected chi connectivity index (χ0v) is 12.4. The van der Waals surface area contributed by atoms with Crippen molar-refractivity contribution in [3.05, 3.63) is 48.5 Å². The van der Waals surface area contributed by atoms with E-state index in [4.69, 9.17) is 15.2 Å². The van der Waals surface area contributed by atoms with Gasteiger partial charge in [0, 0.05) is 11.1 Å². The summed E-state index contributed by atoms with van der Waals surface area (Å²) in [6.45, 7) is 1.26. The molecular formula is C16H20ClNO2. The number of hydrogen-bond acceptors (Lipinski definition) is 3. The first-order chi connectivity index (χ1) is 9.36. The van der Waals surface area contributed by atoms with E-state index in [0.717, 1.165) is 29.0 Å². The molecule has 0 amide bonds. The molecule has 2 aromatic rings. The predicted molar refractivity (Wildman–Crippen MR) is 84.8 cm³/mol. The molecule has 0 aliphatic heterocycles. The minimum Gasteiger partial charge on any atom is -0.496 e. The molecule has 0 fully saturated rings. The summed E-state index contributed by atoms with van der Waals surface area (Å²) in [5, 5.41) is 0. The van der Waals surface area contributed by atoms with Crippen molar-refractivity contribution in [3.8, 4) is 22.6 Å². The van der Waals surface area contributed by atoms with Crippen molar-refractivity contribution in [1.82, 2.24) is 0 Å². The molecule has 0 unspecified atom stereocenters. The van der Waals surface area contributed by atoms with Crippen LogP contribution in [0.15, 0.2) is 48.5 Å². The van der Waals surface area contributed by atoms with Crippen LogP contribution in [0.2, 0.25) is 0 Å². The molecule has 0 aliphatic rings. The van der Waals surface area contributed by atoms with Crippen LogP contribution in [-0.4, -0.2) is 20.3 Å². The van der Waals surface area contributed by atoms with E-state index in [-0.39, 0.29) is 12.4 Å². The Hall–Kier alpha value is -1.71. The Morgan fingerprint density at radius 2 is 1.45 bits per heavy atom. The number of benzene rings is 2. The van der Waals surface area contributed by atoms with Crippen molar-refractivity contribution < 1.29 is 9.47 Å². The predicted octanol–water partition coefficient (Wildman–Crippen LogP) is 3.51. The van der Waals surface area contributed by atoms with E-state index in [9.17, 15) is 0 Å². The molecule has 0 aromatic heterocycles. The van der Waals surface area contributed by atoms with Crippen LogP contribution in [0.3, 0.4) is 0 Å². The van der Waals surface area contributed by atoms with Crippen molar-refractivity contribution in [1.29, 1.82) is 0 Å². The van der Waals surface area contributed by atoms with Gasteiger partial charge in [0.1, 0.15) is 11.5 Å². The van der Waals surface area contributed by atoms with Gasteiger partial charge in [-0.2, -0.15) is 0 Å². The lowest BCUT2D eigenvalue weighted by Gasteiger charge is -2.13. The highest BCUT2D eigenvalue weighted by Crippen LogP contribution is 2.35. The van der Waals surface area contributed by atoms with Crippen LogP contribution in [0.1, 0.15) is 6.42 Å². The van der Waals surface area contributed by atoms with Gasteiger partial charge in [-0.3, -0.25) is 0 Å². The Morgan fingerprint density at radius 1 is 0.900 bits per heavy atom. The molecule has 0 heterocycles. The van der Waals surface area contributed by atoms with Crippen LogP contribution in [0.25, 0.3) is 11.1 Å². The quantitative estimate of drug-likeness (QED) is 0.829. The van der Waals surface area contributed by atoms with Gasteiger partial charge in [-0.05, 0) is 25.1 Å². The fourth-order valence-corrected chi connectivity index (χ4v) is 1.95. The SMILES string of the molecule is COc1ccccc1-c1ccccc1OCCCN.Cl. The number of para-hydroxylation sites is 2. The third-order valence-corrected chi connectivity index (χ3v) is 2.89. The Bertz CT molecular complexity index is 531. The molecular weight excluding hydrogens is 274 g/mol. The van der Waals surface area contributed by atoms with Crippen molar-refractivity contribution in [2.24, 2.45) is 5.73 Å². The molecule has 0 spiro atoms.